The van der Waals surface area contributed by atoms with E-state index < -0.39 is 50.4 Å². The summed E-state index contributed by atoms with van der Waals surface area (Å²) >= 11 is 12.2. The fourth-order valence-electron chi connectivity index (χ4n) is 4.82. The molecule has 1 heterocycles. The van der Waals surface area contributed by atoms with Gasteiger partial charge in [-0.3, -0.25) is 9.59 Å². The molecule has 1 amide bonds. The summed E-state index contributed by atoms with van der Waals surface area (Å²) in [5.74, 6) is -1.35. The molecule has 3 aromatic carbocycles. The second kappa shape index (κ2) is 13.0. The Morgan fingerprint density at radius 1 is 0.881 bits per heavy atom. The van der Waals surface area contributed by atoms with E-state index in [1.54, 1.807) is 53.4 Å². The molecule has 3 aromatic rings. The van der Waals surface area contributed by atoms with Gasteiger partial charge in [0.15, 0.2) is 0 Å². The molecule has 42 heavy (non-hydrogen) atoms. The summed E-state index contributed by atoms with van der Waals surface area (Å²) in [6, 6.07) is 17.3. The Morgan fingerprint density at radius 2 is 1.43 bits per heavy atom. The number of alkyl halides is 3. The molecule has 0 spiro atoms. The number of unbranched alkanes of at least 4 members (excludes halogenated alkanes) is 1. The second-order valence-electron chi connectivity index (χ2n) is 9.77. The summed E-state index contributed by atoms with van der Waals surface area (Å²) in [5.41, 5.74) is -3.62. The summed E-state index contributed by atoms with van der Waals surface area (Å²) in [6.45, 7) is 0.214. The highest BCUT2D eigenvalue weighted by molar-refractivity contribution is 7.92. The van der Waals surface area contributed by atoms with Crippen LogP contribution in [0.4, 0.5) is 13.2 Å². The van der Waals surface area contributed by atoms with Gasteiger partial charge in [-0.25, -0.2) is 8.42 Å². The fraction of sp³-hybridized carbons (Fsp3) is 0.310. The van der Waals surface area contributed by atoms with Crippen molar-refractivity contribution in [3.63, 3.8) is 0 Å². The zero-order chi connectivity index (χ0) is 30.7. The van der Waals surface area contributed by atoms with Gasteiger partial charge in [-0.05, 0) is 65.9 Å². The molecule has 0 aromatic heterocycles. The molecule has 0 saturated carbocycles. The molecular formula is C29H26Cl2F3NO6S. The third-order valence-corrected chi connectivity index (χ3v) is 8.91. The highest BCUT2D eigenvalue weighted by Gasteiger charge is 2.47. The number of carbonyl (C=O) groups is 2. The van der Waals surface area contributed by atoms with Crippen LogP contribution in [0.3, 0.4) is 0 Å². The number of morpholine rings is 1. The summed E-state index contributed by atoms with van der Waals surface area (Å²) in [5, 5.41) is 10.1. The molecule has 0 bridgehead atoms. The van der Waals surface area contributed by atoms with Crippen LogP contribution in [0.1, 0.15) is 48.1 Å². The zero-order valence-electron chi connectivity index (χ0n) is 21.9. The molecule has 1 aliphatic rings. The van der Waals surface area contributed by atoms with Crippen LogP contribution in [0.2, 0.25) is 10.0 Å². The van der Waals surface area contributed by atoms with E-state index in [-0.39, 0.29) is 19.4 Å². The van der Waals surface area contributed by atoms with Crippen LogP contribution < -0.4 is 0 Å². The van der Waals surface area contributed by atoms with Gasteiger partial charge in [0, 0.05) is 29.4 Å². The van der Waals surface area contributed by atoms with Gasteiger partial charge < -0.3 is 14.7 Å². The molecule has 0 aliphatic carbocycles. The first-order chi connectivity index (χ1) is 19.8. The second-order valence-corrected chi connectivity index (χ2v) is 12.6. The quantitative estimate of drug-likeness (QED) is 0.244. The van der Waals surface area contributed by atoms with Crippen LogP contribution in [0, 0.1) is 0 Å². The van der Waals surface area contributed by atoms with Gasteiger partial charge in [-0.15, -0.1) is 0 Å². The van der Waals surface area contributed by atoms with Crippen molar-refractivity contribution in [1.29, 1.82) is 0 Å². The fourth-order valence-corrected chi connectivity index (χ4v) is 5.83. The monoisotopic (exact) mass is 643 g/mol. The summed E-state index contributed by atoms with van der Waals surface area (Å²) in [6.07, 6.45) is -1.16. The number of aliphatic carboxylic acids is 1. The Bertz CT molecular complexity index is 1510. The SMILES string of the molecule is O=C(O)CCCCN1C(=O)[C@H](Cc2ccc(S(=O)(=O)C(F)(F)F)cc2)O[C@@H](c2ccc(Cl)cc2)[C@H]1c1ccc(Cl)cc1. The maximum Gasteiger partial charge on any atom is 0.501 e. The maximum absolute atomic E-state index is 13.9. The highest BCUT2D eigenvalue weighted by Crippen LogP contribution is 2.43. The smallest absolute Gasteiger partial charge is 0.481 e. The van der Waals surface area contributed by atoms with E-state index in [9.17, 15) is 31.2 Å². The van der Waals surface area contributed by atoms with Crippen LogP contribution >= 0.6 is 23.2 Å². The van der Waals surface area contributed by atoms with Gasteiger partial charge in [0.1, 0.15) is 12.2 Å². The lowest BCUT2D eigenvalue weighted by molar-refractivity contribution is -0.174. The summed E-state index contributed by atoms with van der Waals surface area (Å²) < 4.78 is 68.9. The van der Waals surface area contributed by atoms with Crippen molar-refractivity contribution in [2.45, 2.75) is 54.3 Å². The summed E-state index contributed by atoms with van der Waals surface area (Å²) in [4.78, 5) is 25.7. The number of rotatable bonds is 10. The minimum Gasteiger partial charge on any atom is -0.481 e. The van der Waals surface area contributed by atoms with Crippen LogP contribution in [0.25, 0.3) is 0 Å². The molecule has 0 unspecified atom stereocenters. The molecule has 0 radical (unpaired) electrons. The first-order valence-electron chi connectivity index (χ1n) is 12.9. The molecule has 1 saturated heterocycles. The average Bonchev–Trinajstić information content (AvgIpc) is 2.93. The van der Waals surface area contributed by atoms with Crippen LogP contribution in [-0.4, -0.2) is 48.5 Å². The number of carboxylic acid groups (broad SMARTS) is 1. The normalized spacial score (nSPS) is 19.6. The number of benzene rings is 3. The van der Waals surface area contributed by atoms with Gasteiger partial charge in [-0.1, -0.05) is 59.6 Å². The third kappa shape index (κ3) is 7.26. The van der Waals surface area contributed by atoms with Gasteiger partial charge in [0.2, 0.25) is 0 Å². The predicted octanol–water partition coefficient (Wildman–Crippen LogP) is 6.79. The molecule has 3 atom stereocenters. The summed E-state index contributed by atoms with van der Waals surface area (Å²) in [7, 11) is -5.52. The van der Waals surface area contributed by atoms with E-state index in [0.717, 1.165) is 17.7 Å². The van der Waals surface area contributed by atoms with Crippen molar-refractivity contribution < 1.29 is 41.0 Å². The average molecular weight is 644 g/mol. The lowest BCUT2D eigenvalue weighted by atomic mass is 9.90. The maximum atomic E-state index is 13.9. The standard InChI is InChI=1S/C29H26Cl2F3NO6S/c30-21-10-6-19(7-11-21)26-27(20-8-12-22(31)13-9-20)41-24(28(38)35(26)16-2-1-3-25(36)37)17-18-4-14-23(15-5-18)42(39,40)29(32,33)34/h4-15,24,26-27H,1-3,16-17H2,(H,36,37)/t24-,26+,27-/m0/s1. The predicted molar refractivity (Wildman–Crippen MR) is 150 cm³/mol. The van der Waals surface area contributed by atoms with E-state index in [4.69, 9.17) is 33.0 Å². The first-order valence-corrected chi connectivity index (χ1v) is 15.1. The van der Waals surface area contributed by atoms with Crippen molar-refractivity contribution in [2.75, 3.05) is 6.54 Å². The molecule has 13 heteroatoms. The Kier molecular flexibility index (Phi) is 9.87. The van der Waals surface area contributed by atoms with Gasteiger partial charge in [-0.2, -0.15) is 13.2 Å². The molecule has 1 fully saturated rings. The number of hydrogen-bond acceptors (Lipinski definition) is 5. The Labute approximate surface area is 250 Å². The number of carbonyl (C=O) groups excluding carboxylic acids is 1. The molecule has 4 rings (SSSR count). The van der Waals surface area contributed by atoms with Gasteiger partial charge in [0.25, 0.3) is 15.7 Å². The third-order valence-electron chi connectivity index (χ3n) is 6.90. The lowest BCUT2D eigenvalue weighted by Crippen LogP contribution is -2.51. The topological polar surface area (TPSA) is 101 Å². The number of sulfone groups is 1. The van der Waals surface area contributed by atoms with Crippen molar-refractivity contribution >= 4 is 44.9 Å². The molecule has 224 valence electrons. The minimum atomic E-state index is -5.52. The Balaban J connectivity index is 1.70. The van der Waals surface area contributed by atoms with Crippen LogP contribution in [-0.2, 0) is 30.6 Å². The number of amides is 1. The largest absolute Gasteiger partial charge is 0.501 e. The molecule has 7 nitrogen and oxygen atoms in total. The number of ether oxygens (including phenoxy) is 1. The number of hydrogen-bond donors (Lipinski definition) is 1. The van der Waals surface area contributed by atoms with E-state index in [0.29, 0.717) is 34.0 Å². The van der Waals surface area contributed by atoms with Crippen LogP contribution in [0.15, 0.2) is 77.7 Å². The Hall–Kier alpha value is -3.12. The van der Waals surface area contributed by atoms with E-state index in [2.05, 4.69) is 0 Å². The van der Waals surface area contributed by atoms with E-state index >= 15 is 0 Å². The number of halogens is 5. The van der Waals surface area contributed by atoms with Crippen LogP contribution in [0.5, 0.6) is 0 Å². The van der Waals surface area contributed by atoms with Gasteiger partial charge >= 0.3 is 11.5 Å². The molecular weight excluding hydrogens is 618 g/mol. The number of carboxylic acids is 1. The number of nitrogens with zero attached hydrogens (tertiary/aromatic N) is 1. The highest BCUT2D eigenvalue weighted by atomic mass is 35.5. The lowest BCUT2D eigenvalue weighted by Gasteiger charge is -2.45. The van der Waals surface area contributed by atoms with Crippen molar-refractivity contribution in [1.82, 2.24) is 4.90 Å². The van der Waals surface area contributed by atoms with E-state index in [1.807, 2.05) is 0 Å². The van der Waals surface area contributed by atoms with Crippen molar-refractivity contribution in [2.24, 2.45) is 0 Å². The zero-order valence-corrected chi connectivity index (χ0v) is 24.3. The Morgan fingerprint density at radius 3 is 1.95 bits per heavy atom. The van der Waals surface area contributed by atoms with Crippen molar-refractivity contribution in [3.8, 4) is 0 Å². The molecule has 1 aliphatic heterocycles. The minimum absolute atomic E-state index is 0.0474. The van der Waals surface area contributed by atoms with E-state index in [1.165, 1.54) is 12.1 Å². The molecule has 1 N–H and O–H groups in total. The van der Waals surface area contributed by atoms with Gasteiger partial charge in [0.05, 0.1) is 10.9 Å². The van der Waals surface area contributed by atoms with Crippen molar-refractivity contribution in [3.05, 3.63) is 99.5 Å². The first kappa shape index (κ1) is 31.8.